The third-order valence-electron chi connectivity index (χ3n) is 4.42. The van der Waals surface area contributed by atoms with Crippen molar-refractivity contribution in [2.75, 3.05) is 44.6 Å². The summed E-state index contributed by atoms with van der Waals surface area (Å²) in [5.41, 5.74) is 2.14. The lowest BCUT2D eigenvalue weighted by Crippen LogP contribution is -2.27. The van der Waals surface area contributed by atoms with Gasteiger partial charge in [0.05, 0.1) is 21.3 Å². The zero-order chi connectivity index (χ0) is 20.8. The van der Waals surface area contributed by atoms with E-state index in [4.69, 9.17) is 14.2 Å². The Morgan fingerprint density at radius 2 is 1.72 bits per heavy atom. The minimum Gasteiger partial charge on any atom is -0.493 e. The summed E-state index contributed by atoms with van der Waals surface area (Å²) in [7, 11) is 4.60. The lowest BCUT2D eigenvalue weighted by atomic mass is 10.1. The summed E-state index contributed by atoms with van der Waals surface area (Å²) in [5, 5.41) is 5.54. The van der Waals surface area contributed by atoms with Crippen molar-refractivity contribution in [3.63, 3.8) is 0 Å². The number of anilines is 2. The molecular formula is C21H23N3O5. The lowest BCUT2D eigenvalue weighted by Gasteiger charge is -2.14. The molecule has 0 aromatic heterocycles. The standard InChI is InChI=1S/C21H23N3O5/c1-27-17-12-14(13-18(28-2)20(17)29-3)4-9-19(25)23-15-5-7-16(8-6-15)24-11-10-22-21(24)26/h4-9,12-13H,10-11H2,1-3H3,(H,22,26)(H,23,25)/b9-4+. The summed E-state index contributed by atoms with van der Waals surface area (Å²) in [6, 6.07) is 10.5. The van der Waals surface area contributed by atoms with Crippen LogP contribution < -0.4 is 29.7 Å². The number of carbonyl (C=O) groups is 2. The van der Waals surface area contributed by atoms with Crippen LogP contribution in [0.25, 0.3) is 6.08 Å². The largest absolute Gasteiger partial charge is 0.493 e. The number of ether oxygens (including phenoxy) is 3. The maximum Gasteiger partial charge on any atom is 0.321 e. The molecule has 0 atom stereocenters. The van der Waals surface area contributed by atoms with Gasteiger partial charge in [-0.3, -0.25) is 9.69 Å². The molecule has 0 spiro atoms. The Bertz CT molecular complexity index is 899. The van der Waals surface area contributed by atoms with Gasteiger partial charge in [0.2, 0.25) is 11.7 Å². The van der Waals surface area contributed by atoms with Gasteiger partial charge in [0.1, 0.15) is 0 Å². The molecule has 0 saturated carbocycles. The molecule has 0 radical (unpaired) electrons. The number of hydrogen-bond donors (Lipinski definition) is 2. The van der Waals surface area contributed by atoms with Crippen LogP contribution in [0.3, 0.4) is 0 Å². The Balaban J connectivity index is 1.67. The van der Waals surface area contributed by atoms with Crippen LogP contribution in [0.1, 0.15) is 5.56 Å². The zero-order valence-corrected chi connectivity index (χ0v) is 16.5. The van der Waals surface area contributed by atoms with Crippen molar-refractivity contribution >= 4 is 29.4 Å². The Morgan fingerprint density at radius 1 is 1.07 bits per heavy atom. The summed E-state index contributed by atoms with van der Waals surface area (Å²) in [6.07, 6.45) is 3.07. The molecule has 0 unspecified atom stereocenters. The van der Waals surface area contributed by atoms with Crippen LogP contribution in [0.15, 0.2) is 42.5 Å². The number of methoxy groups -OCH3 is 3. The van der Waals surface area contributed by atoms with Gasteiger partial charge in [-0.25, -0.2) is 4.79 Å². The highest BCUT2D eigenvalue weighted by molar-refractivity contribution is 6.02. The highest BCUT2D eigenvalue weighted by Crippen LogP contribution is 2.38. The minimum absolute atomic E-state index is 0.116. The molecule has 1 aliphatic heterocycles. The fourth-order valence-corrected chi connectivity index (χ4v) is 3.00. The average Bonchev–Trinajstić information content (AvgIpc) is 3.17. The fraction of sp³-hybridized carbons (Fsp3) is 0.238. The van der Waals surface area contributed by atoms with Gasteiger partial charge in [-0.05, 0) is 48.0 Å². The first kappa shape index (κ1) is 20.1. The Labute approximate surface area is 169 Å². The minimum atomic E-state index is -0.287. The maximum absolute atomic E-state index is 12.3. The van der Waals surface area contributed by atoms with Gasteiger partial charge in [-0.15, -0.1) is 0 Å². The summed E-state index contributed by atoms with van der Waals surface area (Å²) in [5.74, 6) is 1.22. The predicted molar refractivity (Wildman–Crippen MR) is 111 cm³/mol. The van der Waals surface area contributed by atoms with Crippen molar-refractivity contribution in [2.45, 2.75) is 0 Å². The molecule has 1 aliphatic rings. The van der Waals surface area contributed by atoms with E-state index in [0.29, 0.717) is 36.0 Å². The number of nitrogens with one attached hydrogen (secondary N) is 2. The molecule has 3 rings (SSSR count). The molecule has 1 fully saturated rings. The van der Waals surface area contributed by atoms with E-state index in [9.17, 15) is 9.59 Å². The molecule has 1 heterocycles. The molecule has 1 saturated heterocycles. The van der Waals surface area contributed by atoms with Crippen molar-refractivity contribution in [2.24, 2.45) is 0 Å². The molecule has 8 heteroatoms. The third kappa shape index (κ3) is 4.60. The van der Waals surface area contributed by atoms with Crippen molar-refractivity contribution in [3.8, 4) is 17.2 Å². The van der Waals surface area contributed by atoms with Gasteiger partial charge in [0, 0.05) is 30.5 Å². The first-order valence-corrected chi connectivity index (χ1v) is 9.00. The molecule has 29 heavy (non-hydrogen) atoms. The first-order chi connectivity index (χ1) is 14.0. The SMILES string of the molecule is COc1cc(/C=C/C(=O)Nc2ccc(N3CCNC3=O)cc2)cc(OC)c1OC. The highest BCUT2D eigenvalue weighted by Gasteiger charge is 2.20. The summed E-state index contributed by atoms with van der Waals surface area (Å²) in [4.78, 5) is 25.6. The number of urea groups is 1. The molecule has 2 N–H and O–H groups in total. The van der Waals surface area contributed by atoms with Crippen LogP contribution in [0.4, 0.5) is 16.2 Å². The second-order valence-corrected chi connectivity index (χ2v) is 6.21. The Hall–Kier alpha value is -3.68. The van der Waals surface area contributed by atoms with Gasteiger partial charge in [-0.1, -0.05) is 0 Å². The summed E-state index contributed by atoms with van der Waals surface area (Å²) >= 11 is 0. The quantitative estimate of drug-likeness (QED) is 0.702. The second-order valence-electron chi connectivity index (χ2n) is 6.21. The number of amides is 3. The molecule has 8 nitrogen and oxygen atoms in total. The molecule has 2 aromatic carbocycles. The molecular weight excluding hydrogens is 374 g/mol. The van der Waals surface area contributed by atoms with Crippen molar-refractivity contribution in [3.05, 3.63) is 48.0 Å². The van der Waals surface area contributed by atoms with E-state index in [-0.39, 0.29) is 11.9 Å². The van der Waals surface area contributed by atoms with E-state index < -0.39 is 0 Å². The lowest BCUT2D eigenvalue weighted by molar-refractivity contribution is -0.111. The van der Waals surface area contributed by atoms with Crippen molar-refractivity contribution < 1.29 is 23.8 Å². The second kappa shape index (κ2) is 9.01. The number of benzene rings is 2. The van der Waals surface area contributed by atoms with Gasteiger partial charge < -0.3 is 24.8 Å². The van der Waals surface area contributed by atoms with Crippen LogP contribution >= 0.6 is 0 Å². The molecule has 2 aromatic rings. The van der Waals surface area contributed by atoms with Crippen LogP contribution in [-0.2, 0) is 4.79 Å². The van der Waals surface area contributed by atoms with E-state index in [1.807, 2.05) is 0 Å². The molecule has 0 aliphatic carbocycles. The van der Waals surface area contributed by atoms with E-state index in [2.05, 4.69) is 10.6 Å². The van der Waals surface area contributed by atoms with Crippen LogP contribution in [0.2, 0.25) is 0 Å². The predicted octanol–water partition coefficient (Wildman–Crippen LogP) is 2.89. The van der Waals surface area contributed by atoms with Crippen LogP contribution in [-0.4, -0.2) is 46.4 Å². The van der Waals surface area contributed by atoms with Gasteiger partial charge >= 0.3 is 6.03 Å². The smallest absolute Gasteiger partial charge is 0.321 e. The van der Waals surface area contributed by atoms with Gasteiger partial charge in [-0.2, -0.15) is 0 Å². The van der Waals surface area contributed by atoms with E-state index in [1.54, 1.807) is 47.4 Å². The monoisotopic (exact) mass is 397 g/mol. The van der Waals surface area contributed by atoms with Crippen molar-refractivity contribution in [1.29, 1.82) is 0 Å². The molecule has 3 amide bonds. The van der Waals surface area contributed by atoms with Crippen molar-refractivity contribution in [1.82, 2.24) is 5.32 Å². The third-order valence-corrected chi connectivity index (χ3v) is 4.42. The Morgan fingerprint density at radius 3 is 2.24 bits per heavy atom. The van der Waals surface area contributed by atoms with Gasteiger partial charge in [0.25, 0.3) is 0 Å². The number of hydrogen-bond acceptors (Lipinski definition) is 5. The zero-order valence-electron chi connectivity index (χ0n) is 16.5. The molecule has 0 bridgehead atoms. The summed E-state index contributed by atoms with van der Waals surface area (Å²) < 4.78 is 15.9. The normalized spacial score (nSPS) is 13.3. The van der Waals surface area contributed by atoms with Gasteiger partial charge in [0.15, 0.2) is 11.5 Å². The van der Waals surface area contributed by atoms with E-state index in [1.165, 1.54) is 27.4 Å². The molecule has 152 valence electrons. The fourth-order valence-electron chi connectivity index (χ4n) is 3.00. The van der Waals surface area contributed by atoms with E-state index in [0.717, 1.165) is 11.3 Å². The topological polar surface area (TPSA) is 89.1 Å². The first-order valence-electron chi connectivity index (χ1n) is 9.00. The average molecular weight is 397 g/mol. The van der Waals surface area contributed by atoms with Crippen LogP contribution in [0.5, 0.6) is 17.2 Å². The number of carbonyl (C=O) groups excluding carboxylic acids is 2. The number of nitrogens with zero attached hydrogens (tertiary/aromatic N) is 1. The maximum atomic E-state index is 12.3. The highest BCUT2D eigenvalue weighted by atomic mass is 16.5. The van der Waals surface area contributed by atoms with Crippen LogP contribution in [0, 0.1) is 0 Å². The Kier molecular flexibility index (Phi) is 6.23. The number of rotatable bonds is 7. The summed E-state index contributed by atoms with van der Waals surface area (Å²) in [6.45, 7) is 1.26. The van der Waals surface area contributed by atoms with E-state index >= 15 is 0 Å².